The molecule has 0 saturated carbocycles. The quantitative estimate of drug-likeness (QED) is 0.388. The zero-order chi connectivity index (χ0) is 24.2. The van der Waals surface area contributed by atoms with Crippen molar-refractivity contribution in [3.05, 3.63) is 62.0 Å². The predicted molar refractivity (Wildman–Crippen MR) is 133 cm³/mol. The summed E-state index contributed by atoms with van der Waals surface area (Å²) in [5.41, 5.74) is 2.52. The molecule has 0 aromatic carbocycles. The van der Waals surface area contributed by atoms with Gasteiger partial charge in [-0.2, -0.15) is 0 Å². The number of rotatable bonds is 8. The summed E-state index contributed by atoms with van der Waals surface area (Å²) in [6.07, 6.45) is 8.05. The third kappa shape index (κ3) is 5.25. The maximum atomic E-state index is 13.3. The highest BCUT2D eigenvalue weighted by Gasteiger charge is 2.24. The van der Waals surface area contributed by atoms with Crippen LogP contribution in [0.5, 0.6) is 0 Å². The minimum absolute atomic E-state index is 0.134. The number of piperidine rings is 1. The molecular formula is C25H28N4O4S. The molecule has 1 aliphatic rings. The van der Waals surface area contributed by atoms with E-state index < -0.39 is 5.97 Å². The molecule has 4 rings (SSSR count). The molecule has 3 aromatic heterocycles. The molecule has 0 aliphatic carbocycles. The van der Waals surface area contributed by atoms with Gasteiger partial charge in [-0.15, -0.1) is 11.3 Å². The van der Waals surface area contributed by atoms with Gasteiger partial charge in [0.15, 0.2) is 0 Å². The van der Waals surface area contributed by atoms with Gasteiger partial charge in [-0.25, -0.2) is 14.8 Å². The first-order valence-corrected chi connectivity index (χ1v) is 12.3. The second-order valence-electron chi connectivity index (χ2n) is 8.89. The molecule has 4 heterocycles. The molecule has 3 aromatic rings. The zero-order valence-electron chi connectivity index (χ0n) is 19.3. The SMILES string of the molecule is CC(C)c1csc(CCc2ccn3c(=O)c(C=CC(=O)O)c(N4CCCC(C=O)C4)nc3c2)n1. The summed E-state index contributed by atoms with van der Waals surface area (Å²) in [6, 6.07) is 3.79. The lowest BCUT2D eigenvalue weighted by Gasteiger charge is -2.32. The van der Waals surface area contributed by atoms with Crippen molar-refractivity contribution >= 4 is 41.1 Å². The fraction of sp³-hybridized carbons (Fsp3) is 0.400. The van der Waals surface area contributed by atoms with Crippen molar-refractivity contribution in [1.29, 1.82) is 0 Å². The molecule has 0 spiro atoms. The number of thiazole rings is 1. The van der Waals surface area contributed by atoms with Crippen LogP contribution in [-0.2, 0) is 22.4 Å². The van der Waals surface area contributed by atoms with Crippen molar-refractivity contribution < 1.29 is 14.7 Å². The van der Waals surface area contributed by atoms with Gasteiger partial charge in [0.05, 0.1) is 16.3 Å². The second kappa shape index (κ2) is 10.3. The van der Waals surface area contributed by atoms with E-state index in [-0.39, 0.29) is 17.0 Å². The molecular weight excluding hydrogens is 452 g/mol. The van der Waals surface area contributed by atoms with Crippen molar-refractivity contribution in [2.24, 2.45) is 5.92 Å². The Hall–Kier alpha value is -3.33. The lowest BCUT2D eigenvalue weighted by atomic mass is 9.99. The van der Waals surface area contributed by atoms with Crippen LogP contribution in [0.25, 0.3) is 11.7 Å². The van der Waals surface area contributed by atoms with Gasteiger partial charge in [-0.05, 0) is 49.0 Å². The number of aryl methyl sites for hydroxylation is 2. The molecule has 1 aliphatic heterocycles. The van der Waals surface area contributed by atoms with Crippen LogP contribution < -0.4 is 10.5 Å². The van der Waals surface area contributed by atoms with Gasteiger partial charge in [0.1, 0.15) is 17.8 Å². The van der Waals surface area contributed by atoms with Crippen LogP contribution in [0.2, 0.25) is 0 Å². The van der Waals surface area contributed by atoms with Crippen LogP contribution in [0, 0.1) is 5.92 Å². The number of hydrogen-bond donors (Lipinski definition) is 1. The fourth-order valence-corrected chi connectivity index (χ4v) is 5.11. The second-order valence-corrected chi connectivity index (χ2v) is 9.84. The maximum absolute atomic E-state index is 13.3. The summed E-state index contributed by atoms with van der Waals surface area (Å²) in [6.45, 7) is 5.37. The Morgan fingerprint density at radius 2 is 2.15 bits per heavy atom. The Morgan fingerprint density at radius 1 is 1.32 bits per heavy atom. The largest absolute Gasteiger partial charge is 0.478 e. The minimum Gasteiger partial charge on any atom is -0.478 e. The molecule has 178 valence electrons. The molecule has 34 heavy (non-hydrogen) atoms. The van der Waals surface area contributed by atoms with Crippen LogP contribution in [0.4, 0.5) is 5.82 Å². The lowest BCUT2D eigenvalue weighted by molar-refractivity contribution is -0.131. The number of pyridine rings is 1. The minimum atomic E-state index is -1.14. The van der Waals surface area contributed by atoms with E-state index in [1.54, 1.807) is 17.5 Å². The van der Waals surface area contributed by atoms with Crippen molar-refractivity contribution in [3.8, 4) is 0 Å². The smallest absolute Gasteiger partial charge is 0.328 e. The number of aldehydes is 1. The number of fused-ring (bicyclic) bond motifs is 1. The number of carboxylic acids is 1. The normalized spacial score (nSPS) is 16.6. The van der Waals surface area contributed by atoms with Gasteiger partial charge < -0.3 is 14.8 Å². The van der Waals surface area contributed by atoms with Crippen LogP contribution >= 0.6 is 11.3 Å². The van der Waals surface area contributed by atoms with E-state index >= 15 is 0 Å². The number of carbonyl (C=O) groups is 2. The number of hydrogen-bond acceptors (Lipinski definition) is 7. The first-order valence-electron chi connectivity index (χ1n) is 11.5. The number of aromatic nitrogens is 3. The van der Waals surface area contributed by atoms with Crippen LogP contribution in [0.15, 0.2) is 34.6 Å². The number of carbonyl (C=O) groups excluding carboxylic acids is 1. The van der Waals surface area contributed by atoms with E-state index in [4.69, 9.17) is 15.1 Å². The summed E-state index contributed by atoms with van der Waals surface area (Å²) in [7, 11) is 0. The summed E-state index contributed by atoms with van der Waals surface area (Å²) >= 11 is 1.66. The summed E-state index contributed by atoms with van der Waals surface area (Å²) in [5.74, 6) is -0.450. The van der Waals surface area contributed by atoms with Crippen molar-refractivity contribution in [2.75, 3.05) is 18.0 Å². The van der Waals surface area contributed by atoms with Crippen LogP contribution in [0.3, 0.4) is 0 Å². The summed E-state index contributed by atoms with van der Waals surface area (Å²) in [4.78, 5) is 47.2. The van der Waals surface area contributed by atoms with Crippen molar-refractivity contribution in [1.82, 2.24) is 14.4 Å². The Balaban J connectivity index is 1.69. The molecule has 1 saturated heterocycles. The monoisotopic (exact) mass is 480 g/mol. The van der Waals surface area contributed by atoms with E-state index in [9.17, 15) is 14.4 Å². The molecule has 8 nitrogen and oxygen atoms in total. The maximum Gasteiger partial charge on any atom is 0.328 e. The number of carboxylic acid groups (broad SMARTS) is 1. The molecule has 9 heteroatoms. The Bertz CT molecular complexity index is 1290. The van der Waals surface area contributed by atoms with E-state index in [0.29, 0.717) is 30.5 Å². The highest BCUT2D eigenvalue weighted by Crippen LogP contribution is 2.25. The van der Waals surface area contributed by atoms with Gasteiger partial charge in [-0.3, -0.25) is 9.20 Å². The van der Waals surface area contributed by atoms with Gasteiger partial charge in [0.2, 0.25) is 0 Å². The van der Waals surface area contributed by atoms with E-state index in [1.807, 2.05) is 17.0 Å². The van der Waals surface area contributed by atoms with E-state index in [2.05, 4.69) is 19.2 Å². The number of anilines is 1. The molecule has 0 amide bonds. The zero-order valence-corrected chi connectivity index (χ0v) is 20.1. The molecule has 1 atom stereocenters. The average molecular weight is 481 g/mol. The summed E-state index contributed by atoms with van der Waals surface area (Å²) in [5, 5.41) is 12.3. The van der Waals surface area contributed by atoms with Crippen molar-refractivity contribution in [2.45, 2.75) is 45.4 Å². The fourth-order valence-electron chi connectivity index (χ4n) is 4.15. The highest BCUT2D eigenvalue weighted by molar-refractivity contribution is 7.09. The first kappa shape index (κ1) is 23.8. The first-order chi connectivity index (χ1) is 16.4. The van der Waals surface area contributed by atoms with Gasteiger partial charge in [-0.1, -0.05) is 13.8 Å². The molecule has 1 N–H and O–H groups in total. The topological polar surface area (TPSA) is 105 Å². The van der Waals surface area contributed by atoms with Gasteiger partial charge >= 0.3 is 5.97 Å². The van der Waals surface area contributed by atoms with E-state index in [0.717, 1.165) is 54.3 Å². The standard InChI is InChI=1S/C25H28N4O4S/c1-16(2)20-15-34-22(26-20)7-5-17-9-11-29-21(12-17)27-24(19(25(29)33)6-8-23(31)32)28-10-3-4-18(13-28)14-30/h6,8-9,11-12,14-16,18H,3-5,7,10,13H2,1-2H3,(H,31,32). The van der Waals surface area contributed by atoms with Gasteiger partial charge in [0.25, 0.3) is 5.56 Å². The van der Waals surface area contributed by atoms with Crippen LogP contribution in [-0.4, -0.2) is 44.8 Å². The van der Waals surface area contributed by atoms with Crippen LogP contribution in [0.1, 0.15) is 54.4 Å². The molecule has 0 bridgehead atoms. The molecule has 1 fully saturated rings. The predicted octanol–water partition coefficient (Wildman–Crippen LogP) is 3.57. The summed E-state index contributed by atoms with van der Waals surface area (Å²) < 4.78 is 1.44. The van der Waals surface area contributed by atoms with Gasteiger partial charge in [0, 0.05) is 43.1 Å². The third-order valence-corrected chi connectivity index (χ3v) is 6.97. The number of aliphatic carboxylic acids is 1. The van der Waals surface area contributed by atoms with Crippen molar-refractivity contribution in [3.63, 3.8) is 0 Å². The molecule has 0 radical (unpaired) electrons. The Labute approximate surface area is 201 Å². The average Bonchev–Trinajstić information content (AvgIpc) is 3.31. The Morgan fingerprint density at radius 3 is 2.85 bits per heavy atom. The number of nitrogens with zero attached hydrogens (tertiary/aromatic N) is 4. The molecule has 1 unspecified atom stereocenters. The van der Waals surface area contributed by atoms with E-state index in [1.165, 1.54) is 10.5 Å². The third-order valence-electron chi connectivity index (χ3n) is 6.04. The highest BCUT2D eigenvalue weighted by atomic mass is 32.1. The Kier molecular flexibility index (Phi) is 7.21. The lowest BCUT2D eigenvalue weighted by Crippen LogP contribution is -2.38.